The molecule has 0 spiro atoms. The number of alkyl halides is 1. The maximum atomic E-state index is 3.88. The van der Waals surface area contributed by atoms with Crippen molar-refractivity contribution in [1.82, 2.24) is 0 Å². The van der Waals surface area contributed by atoms with E-state index in [1.165, 1.54) is 6.42 Å². The molecule has 0 heterocycles. The minimum absolute atomic E-state index is 0.113. The lowest BCUT2D eigenvalue weighted by atomic mass is 10.1. The Balaban J connectivity index is 3.15. The van der Waals surface area contributed by atoms with Gasteiger partial charge in [0.15, 0.2) is 0 Å². The van der Waals surface area contributed by atoms with Gasteiger partial charge < -0.3 is 0 Å². The van der Waals surface area contributed by atoms with Gasteiger partial charge in [0, 0.05) is 4.32 Å². The highest BCUT2D eigenvalue weighted by molar-refractivity contribution is 9.10. The first kappa shape index (κ1) is 7.48. The monoisotopic (exact) mass is 163 g/mol. The Morgan fingerprint density at radius 2 is 2.14 bits per heavy atom. The smallest absolute Gasteiger partial charge is 0.0230 e. The molecule has 0 nitrogen and oxygen atoms in total. The van der Waals surface area contributed by atoms with Gasteiger partial charge in [0.1, 0.15) is 0 Å². The van der Waals surface area contributed by atoms with Crippen LogP contribution in [0.3, 0.4) is 0 Å². The van der Waals surface area contributed by atoms with Gasteiger partial charge in [0.05, 0.1) is 0 Å². The molecular formula is C6H12Br. The third-order valence-corrected chi connectivity index (χ3v) is 1.17. The highest BCUT2D eigenvalue weighted by atomic mass is 79.9. The van der Waals surface area contributed by atoms with Crippen LogP contribution in [0.25, 0.3) is 0 Å². The lowest BCUT2D eigenvalue weighted by Crippen LogP contribution is -2.07. The first-order valence-electron chi connectivity index (χ1n) is 2.60. The average molecular weight is 164 g/mol. The first-order valence-corrected chi connectivity index (χ1v) is 3.40. The number of rotatable bonds is 2. The predicted octanol–water partition coefficient (Wildman–Crippen LogP) is 2.77. The van der Waals surface area contributed by atoms with Gasteiger partial charge in [-0.15, -0.1) is 0 Å². The Morgan fingerprint density at radius 3 is 2.14 bits per heavy atom. The quantitative estimate of drug-likeness (QED) is 0.550. The third kappa shape index (κ3) is 6.48. The van der Waals surface area contributed by atoms with Crippen LogP contribution in [0, 0.1) is 6.92 Å². The molecule has 1 radical (unpaired) electrons. The second kappa shape index (κ2) is 2.71. The summed E-state index contributed by atoms with van der Waals surface area (Å²) in [7, 11) is 0. The third-order valence-electron chi connectivity index (χ3n) is 0.771. The van der Waals surface area contributed by atoms with Crippen LogP contribution < -0.4 is 0 Å². The van der Waals surface area contributed by atoms with E-state index >= 15 is 0 Å². The number of hydrogen-bond donors (Lipinski definition) is 0. The van der Waals surface area contributed by atoms with Crippen LogP contribution in [-0.2, 0) is 0 Å². The predicted molar refractivity (Wildman–Crippen MR) is 37.6 cm³/mol. The summed E-state index contributed by atoms with van der Waals surface area (Å²) < 4.78 is 0.113. The molecule has 0 bridgehead atoms. The first-order chi connectivity index (χ1) is 3.06. The molecule has 0 fully saturated rings. The summed E-state index contributed by atoms with van der Waals surface area (Å²) in [5.74, 6) is 0. The molecule has 0 saturated carbocycles. The standard InChI is InChI=1S/C6H12Br/c1-4-5-6(2,3)7/h2,4-5H2,1,3H3. The summed E-state index contributed by atoms with van der Waals surface area (Å²) in [5, 5.41) is 0. The molecule has 43 valence electrons. The van der Waals surface area contributed by atoms with Crippen molar-refractivity contribution in [2.24, 2.45) is 0 Å². The van der Waals surface area contributed by atoms with Crippen molar-refractivity contribution in [1.29, 1.82) is 0 Å². The highest BCUT2D eigenvalue weighted by Gasteiger charge is 2.08. The van der Waals surface area contributed by atoms with Crippen LogP contribution in [0.1, 0.15) is 26.7 Å². The maximum absolute atomic E-state index is 3.88. The zero-order valence-electron chi connectivity index (χ0n) is 5.00. The summed E-state index contributed by atoms with van der Waals surface area (Å²) in [6.07, 6.45) is 2.35. The molecule has 1 atom stereocenters. The molecule has 7 heavy (non-hydrogen) atoms. The number of halogens is 1. The van der Waals surface area contributed by atoms with Gasteiger partial charge in [0.25, 0.3) is 0 Å². The van der Waals surface area contributed by atoms with Crippen molar-refractivity contribution >= 4 is 15.9 Å². The second-order valence-corrected chi connectivity index (χ2v) is 4.08. The minimum Gasteiger partial charge on any atom is -0.0856 e. The molecule has 0 rings (SSSR count). The largest absolute Gasteiger partial charge is 0.0856 e. The van der Waals surface area contributed by atoms with Crippen molar-refractivity contribution in [2.45, 2.75) is 31.0 Å². The van der Waals surface area contributed by atoms with Gasteiger partial charge in [-0.25, -0.2) is 0 Å². The van der Waals surface area contributed by atoms with E-state index in [1.54, 1.807) is 0 Å². The zero-order chi connectivity index (χ0) is 5.91. The second-order valence-electron chi connectivity index (χ2n) is 2.16. The highest BCUT2D eigenvalue weighted by Crippen LogP contribution is 2.20. The molecule has 1 unspecified atom stereocenters. The fourth-order valence-corrected chi connectivity index (χ4v) is 0.918. The molecule has 0 aromatic heterocycles. The van der Waals surface area contributed by atoms with Crippen LogP contribution in [0.5, 0.6) is 0 Å². The average Bonchev–Trinajstić information content (AvgIpc) is 1.30. The van der Waals surface area contributed by atoms with E-state index in [0.29, 0.717) is 0 Å². The topological polar surface area (TPSA) is 0 Å². The molecular weight excluding hydrogens is 152 g/mol. The fraction of sp³-hybridized carbons (Fsp3) is 0.833. The van der Waals surface area contributed by atoms with Crippen molar-refractivity contribution in [3.63, 3.8) is 0 Å². The number of hydrogen-bond acceptors (Lipinski definition) is 0. The molecule has 0 aliphatic heterocycles. The Bertz CT molecular complexity index is 42.6. The van der Waals surface area contributed by atoms with E-state index in [2.05, 4.69) is 36.7 Å². The van der Waals surface area contributed by atoms with Crippen molar-refractivity contribution in [3.05, 3.63) is 6.92 Å². The summed E-state index contributed by atoms with van der Waals surface area (Å²) >= 11 is 3.43. The van der Waals surface area contributed by atoms with E-state index in [4.69, 9.17) is 0 Å². The van der Waals surface area contributed by atoms with Crippen LogP contribution in [0.15, 0.2) is 0 Å². The SMILES string of the molecule is [CH2]C(C)(Br)CCC. The van der Waals surface area contributed by atoms with Crippen molar-refractivity contribution in [2.75, 3.05) is 0 Å². The van der Waals surface area contributed by atoms with Crippen LogP contribution >= 0.6 is 15.9 Å². The summed E-state index contributed by atoms with van der Waals surface area (Å²) in [4.78, 5) is 0. The lowest BCUT2D eigenvalue weighted by Gasteiger charge is -2.12. The van der Waals surface area contributed by atoms with E-state index in [0.717, 1.165) is 6.42 Å². The lowest BCUT2D eigenvalue weighted by molar-refractivity contribution is 0.690. The summed E-state index contributed by atoms with van der Waals surface area (Å²) in [6, 6.07) is 0. The van der Waals surface area contributed by atoms with E-state index in [9.17, 15) is 0 Å². The van der Waals surface area contributed by atoms with E-state index in [-0.39, 0.29) is 4.32 Å². The van der Waals surface area contributed by atoms with Gasteiger partial charge in [-0.1, -0.05) is 29.3 Å². The Kier molecular flexibility index (Phi) is 2.89. The molecule has 0 amide bonds. The zero-order valence-corrected chi connectivity index (χ0v) is 6.59. The minimum atomic E-state index is 0.113. The van der Waals surface area contributed by atoms with Gasteiger partial charge in [-0.2, -0.15) is 0 Å². The Morgan fingerprint density at radius 1 is 1.71 bits per heavy atom. The van der Waals surface area contributed by atoms with Gasteiger partial charge >= 0.3 is 0 Å². The molecule has 1 heteroatoms. The van der Waals surface area contributed by atoms with Crippen molar-refractivity contribution < 1.29 is 0 Å². The Hall–Kier alpha value is 0.480. The molecule has 0 saturated heterocycles. The van der Waals surface area contributed by atoms with Crippen LogP contribution in [0.4, 0.5) is 0 Å². The summed E-state index contributed by atoms with van der Waals surface area (Å²) in [6.45, 7) is 8.11. The van der Waals surface area contributed by atoms with E-state index < -0.39 is 0 Å². The molecule has 0 aliphatic rings. The molecule has 0 aromatic carbocycles. The Labute approximate surface area is 54.4 Å². The van der Waals surface area contributed by atoms with Gasteiger partial charge in [0.2, 0.25) is 0 Å². The van der Waals surface area contributed by atoms with Crippen molar-refractivity contribution in [3.8, 4) is 0 Å². The van der Waals surface area contributed by atoms with E-state index in [1.807, 2.05) is 0 Å². The van der Waals surface area contributed by atoms with Crippen LogP contribution in [-0.4, -0.2) is 4.32 Å². The molecule has 0 aromatic rings. The molecule has 0 aliphatic carbocycles. The normalized spacial score (nSPS) is 12.0. The van der Waals surface area contributed by atoms with Gasteiger partial charge in [-0.3, -0.25) is 0 Å². The summed E-state index contributed by atoms with van der Waals surface area (Å²) in [5.41, 5.74) is 0. The fourth-order valence-electron chi connectivity index (χ4n) is 0.521. The maximum Gasteiger partial charge on any atom is 0.0230 e. The van der Waals surface area contributed by atoms with Gasteiger partial charge in [-0.05, 0) is 20.3 Å². The van der Waals surface area contributed by atoms with Crippen LogP contribution in [0.2, 0.25) is 0 Å². The molecule has 0 N–H and O–H groups in total.